The number of aliphatic hydroxyl groups is 1. The molecule has 0 saturated carbocycles. The van der Waals surface area contributed by atoms with E-state index in [1.165, 1.54) is 0 Å². The molecule has 0 radical (unpaired) electrons. The quantitative estimate of drug-likeness (QED) is 0.797. The molecule has 5 heteroatoms. The Morgan fingerprint density at radius 2 is 1.83 bits per heavy atom. The zero-order chi connectivity index (χ0) is 13.7. The van der Waals surface area contributed by atoms with Gasteiger partial charge in [-0.2, -0.15) is 0 Å². The third-order valence-electron chi connectivity index (χ3n) is 2.69. The molecule has 0 amide bonds. The molecular formula is C13H17F3O2. The predicted molar refractivity (Wildman–Crippen MR) is 61.6 cm³/mol. The molecule has 0 aromatic heterocycles. The van der Waals surface area contributed by atoms with Crippen molar-refractivity contribution in [2.45, 2.75) is 38.9 Å². The second-order valence-electron chi connectivity index (χ2n) is 3.99. The Bertz CT molecular complexity index is 390. The lowest BCUT2D eigenvalue weighted by Gasteiger charge is -2.23. The van der Waals surface area contributed by atoms with Crippen LogP contribution in [0.2, 0.25) is 0 Å². The minimum atomic E-state index is -1.57. The SMILES string of the molecule is CCCC(OCC)C(O)c1ccc(F)c(F)c1F. The first-order valence-electron chi connectivity index (χ1n) is 5.95. The Labute approximate surface area is 104 Å². The fourth-order valence-electron chi connectivity index (χ4n) is 1.80. The van der Waals surface area contributed by atoms with E-state index in [1.54, 1.807) is 6.92 Å². The number of ether oxygens (including phenoxy) is 1. The van der Waals surface area contributed by atoms with Gasteiger partial charge in [0.2, 0.25) is 0 Å². The summed E-state index contributed by atoms with van der Waals surface area (Å²) in [6.07, 6.45) is -0.695. The van der Waals surface area contributed by atoms with Gasteiger partial charge in [0.05, 0.1) is 6.10 Å². The van der Waals surface area contributed by atoms with Crippen LogP contribution in [0.3, 0.4) is 0 Å². The highest BCUT2D eigenvalue weighted by atomic mass is 19.2. The molecule has 0 spiro atoms. The van der Waals surface area contributed by atoms with Gasteiger partial charge in [0.25, 0.3) is 0 Å². The number of benzene rings is 1. The molecule has 1 aromatic carbocycles. The molecule has 2 atom stereocenters. The van der Waals surface area contributed by atoms with Crippen molar-refractivity contribution in [1.29, 1.82) is 0 Å². The Kier molecular flexibility index (Phi) is 5.62. The third kappa shape index (κ3) is 3.23. The molecule has 102 valence electrons. The van der Waals surface area contributed by atoms with Gasteiger partial charge in [0.15, 0.2) is 17.5 Å². The standard InChI is InChI=1S/C13H17F3O2/c1-3-5-10(18-4-2)13(17)8-6-7-9(14)12(16)11(8)15/h6-7,10,13,17H,3-5H2,1-2H3. The van der Waals surface area contributed by atoms with Crippen molar-refractivity contribution in [1.82, 2.24) is 0 Å². The van der Waals surface area contributed by atoms with Crippen LogP contribution in [0.5, 0.6) is 0 Å². The minimum absolute atomic E-state index is 0.277. The summed E-state index contributed by atoms with van der Waals surface area (Å²) in [5.74, 6) is -4.20. The van der Waals surface area contributed by atoms with Gasteiger partial charge in [0.1, 0.15) is 6.10 Å². The lowest BCUT2D eigenvalue weighted by molar-refractivity contribution is -0.0400. The van der Waals surface area contributed by atoms with Crippen molar-refractivity contribution in [3.63, 3.8) is 0 Å². The average Bonchev–Trinajstić information content (AvgIpc) is 2.35. The molecule has 0 aliphatic carbocycles. The molecule has 0 aliphatic heterocycles. The van der Waals surface area contributed by atoms with E-state index in [4.69, 9.17) is 4.74 Å². The number of halogens is 3. The summed E-state index contributed by atoms with van der Waals surface area (Å²) in [5, 5.41) is 9.98. The molecule has 2 nitrogen and oxygen atoms in total. The van der Waals surface area contributed by atoms with E-state index in [0.717, 1.165) is 18.6 Å². The van der Waals surface area contributed by atoms with Gasteiger partial charge in [0, 0.05) is 12.2 Å². The van der Waals surface area contributed by atoms with Crippen molar-refractivity contribution in [2.75, 3.05) is 6.61 Å². The van der Waals surface area contributed by atoms with Gasteiger partial charge in [-0.1, -0.05) is 19.4 Å². The van der Waals surface area contributed by atoms with Gasteiger partial charge < -0.3 is 9.84 Å². The topological polar surface area (TPSA) is 29.5 Å². The first-order valence-corrected chi connectivity index (χ1v) is 5.95. The van der Waals surface area contributed by atoms with E-state index in [-0.39, 0.29) is 5.56 Å². The van der Waals surface area contributed by atoms with E-state index >= 15 is 0 Å². The molecule has 1 N–H and O–H groups in total. The van der Waals surface area contributed by atoms with Gasteiger partial charge in [-0.05, 0) is 19.4 Å². The number of rotatable bonds is 6. The predicted octanol–water partition coefficient (Wildman–Crippen LogP) is 3.34. The lowest BCUT2D eigenvalue weighted by atomic mass is 10.00. The zero-order valence-corrected chi connectivity index (χ0v) is 10.4. The second-order valence-corrected chi connectivity index (χ2v) is 3.99. The molecule has 0 heterocycles. The lowest BCUT2D eigenvalue weighted by Crippen LogP contribution is -2.23. The van der Waals surface area contributed by atoms with Crippen LogP contribution in [0.15, 0.2) is 12.1 Å². The van der Waals surface area contributed by atoms with E-state index in [2.05, 4.69) is 0 Å². The smallest absolute Gasteiger partial charge is 0.194 e. The number of hydrogen-bond donors (Lipinski definition) is 1. The maximum atomic E-state index is 13.5. The van der Waals surface area contributed by atoms with Crippen LogP contribution in [0.4, 0.5) is 13.2 Å². The highest BCUT2D eigenvalue weighted by Crippen LogP contribution is 2.27. The Morgan fingerprint density at radius 1 is 1.17 bits per heavy atom. The molecule has 0 fully saturated rings. The van der Waals surface area contributed by atoms with Crippen molar-refractivity contribution in [3.8, 4) is 0 Å². The van der Waals surface area contributed by atoms with Gasteiger partial charge in [-0.25, -0.2) is 13.2 Å². The van der Waals surface area contributed by atoms with E-state index < -0.39 is 29.7 Å². The fourth-order valence-corrected chi connectivity index (χ4v) is 1.80. The van der Waals surface area contributed by atoms with Crippen LogP contribution in [0, 0.1) is 17.5 Å². The summed E-state index contributed by atoms with van der Waals surface area (Å²) >= 11 is 0. The van der Waals surface area contributed by atoms with E-state index in [0.29, 0.717) is 13.0 Å². The van der Waals surface area contributed by atoms with Crippen LogP contribution < -0.4 is 0 Å². The maximum absolute atomic E-state index is 13.5. The summed E-state index contributed by atoms with van der Waals surface area (Å²) in [6, 6.07) is 1.84. The maximum Gasteiger partial charge on any atom is 0.194 e. The number of aliphatic hydroxyl groups excluding tert-OH is 1. The van der Waals surface area contributed by atoms with Crippen molar-refractivity contribution in [2.24, 2.45) is 0 Å². The summed E-state index contributed by atoms with van der Waals surface area (Å²) in [5.41, 5.74) is -0.277. The Morgan fingerprint density at radius 3 is 2.39 bits per heavy atom. The second kappa shape index (κ2) is 6.75. The van der Waals surface area contributed by atoms with Gasteiger partial charge in [-0.3, -0.25) is 0 Å². The Balaban J connectivity index is 3.00. The highest BCUT2D eigenvalue weighted by molar-refractivity contribution is 5.23. The van der Waals surface area contributed by atoms with Crippen molar-refractivity contribution >= 4 is 0 Å². The normalized spacial score (nSPS) is 14.6. The molecular weight excluding hydrogens is 245 g/mol. The summed E-state index contributed by atoms with van der Waals surface area (Å²) < 4.78 is 44.7. The first kappa shape index (κ1) is 15.0. The molecule has 0 saturated heterocycles. The van der Waals surface area contributed by atoms with Crippen LogP contribution in [-0.2, 0) is 4.74 Å². The third-order valence-corrected chi connectivity index (χ3v) is 2.69. The molecule has 1 rings (SSSR count). The van der Waals surface area contributed by atoms with Crippen LogP contribution in [0.25, 0.3) is 0 Å². The number of hydrogen-bond acceptors (Lipinski definition) is 2. The van der Waals surface area contributed by atoms with Crippen molar-refractivity contribution < 1.29 is 23.0 Å². The first-order chi connectivity index (χ1) is 8.52. The van der Waals surface area contributed by atoms with Crippen LogP contribution >= 0.6 is 0 Å². The van der Waals surface area contributed by atoms with Crippen molar-refractivity contribution in [3.05, 3.63) is 35.1 Å². The molecule has 1 aromatic rings. The Hall–Kier alpha value is -1.07. The average molecular weight is 262 g/mol. The molecule has 0 bridgehead atoms. The fraction of sp³-hybridized carbons (Fsp3) is 0.538. The van der Waals surface area contributed by atoms with Gasteiger partial charge >= 0.3 is 0 Å². The minimum Gasteiger partial charge on any atom is -0.386 e. The zero-order valence-electron chi connectivity index (χ0n) is 10.4. The summed E-state index contributed by atoms with van der Waals surface area (Å²) in [6.45, 7) is 3.99. The van der Waals surface area contributed by atoms with E-state index in [9.17, 15) is 18.3 Å². The summed E-state index contributed by atoms with van der Waals surface area (Å²) in [4.78, 5) is 0. The van der Waals surface area contributed by atoms with Crippen LogP contribution in [0.1, 0.15) is 38.4 Å². The highest BCUT2D eigenvalue weighted by Gasteiger charge is 2.26. The van der Waals surface area contributed by atoms with Gasteiger partial charge in [-0.15, -0.1) is 0 Å². The molecule has 0 aliphatic rings. The molecule has 18 heavy (non-hydrogen) atoms. The largest absolute Gasteiger partial charge is 0.386 e. The van der Waals surface area contributed by atoms with E-state index in [1.807, 2.05) is 6.92 Å². The summed E-state index contributed by atoms with van der Waals surface area (Å²) in [7, 11) is 0. The van der Waals surface area contributed by atoms with Crippen LogP contribution in [-0.4, -0.2) is 17.8 Å². The molecule has 2 unspecified atom stereocenters. The monoisotopic (exact) mass is 262 g/mol.